The van der Waals surface area contributed by atoms with E-state index in [0.717, 1.165) is 91.5 Å². The van der Waals surface area contributed by atoms with Crippen molar-refractivity contribution in [1.29, 1.82) is 2.56 Å². The molecule has 1 aliphatic heterocycles. The van der Waals surface area contributed by atoms with Crippen molar-refractivity contribution < 1.29 is 23.6 Å². The third-order valence-corrected chi connectivity index (χ3v) is 28.9. The van der Waals surface area contributed by atoms with Gasteiger partial charge >= 0.3 is 1.28 Å². The molecular weight excluding hydrogens is 1040 g/mol. The van der Waals surface area contributed by atoms with Gasteiger partial charge in [0.15, 0.2) is 25.1 Å². The van der Waals surface area contributed by atoms with Gasteiger partial charge in [-0.2, -0.15) is 9.84 Å². The molecule has 2 aromatic rings. The van der Waals surface area contributed by atoms with Crippen LogP contribution in [0.25, 0.3) is 0 Å². The van der Waals surface area contributed by atoms with Crippen LogP contribution in [0.15, 0.2) is 21.4 Å². The van der Waals surface area contributed by atoms with Crippen LogP contribution in [0.5, 0.6) is 0 Å². The average Bonchev–Trinajstić information content (AvgIpc) is 4.37. The van der Waals surface area contributed by atoms with E-state index >= 15 is 0 Å². The first kappa shape index (κ1) is 58.1. The Morgan fingerprint density at radius 1 is 0.641 bits per heavy atom. The summed E-state index contributed by atoms with van der Waals surface area (Å²) in [6, 6.07) is 0. The van der Waals surface area contributed by atoms with Crippen molar-refractivity contribution >= 4 is 37.6 Å². The van der Waals surface area contributed by atoms with Crippen LogP contribution >= 0.6 is 25.8 Å². The topological polar surface area (TPSA) is 90.8 Å². The number of rotatable bonds is 6. The fourth-order valence-corrected chi connectivity index (χ4v) is 25.3. The maximum Gasteiger partial charge on any atom is 0.355 e. The Morgan fingerprint density at radius 2 is 1.09 bits per heavy atom. The minimum absolute atomic E-state index is 0.0376. The molecule has 1 saturated heterocycles. The van der Waals surface area contributed by atoms with E-state index < -0.39 is 6.99 Å². The second-order valence-corrected chi connectivity index (χ2v) is 35.3. The van der Waals surface area contributed by atoms with E-state index in [1.807, 2.05) is 6.20 Å². The van der Waals surface area contributed by atoms with Crippen LogP contribution < -0.4 is 0 Å². The molecular formula is C67H112N2O5P3S+. The first-order valence-corrected chi connectivity index (χ1v) is 35.6. The van der Waals surface area contributed by atoms with Gasteiger partial charge in [-0.1, -0.05) is 107 Å². The van der Waals surface area contributed by atoms with Crippen LogP contribution in [-0.4, -0.2) is 44.1 Å². The normalized spacial score (nSPS) is 48.4. The molecule has 10 aliphatic carbocycles. The Kier molecular flexibility index (Phi) is 15.8. The molecule has 0 bridgehead atoms. The Hall–Kier alpha value is -0.320. The van der Waals surface area contributed by atoms with Gasteiger partial charge in [0.25, 0.3) is 0 Å². The van der Waals surface area contributed by atoms with Gasteiger partial charge in [0, 0.05) is 35.2 Å². The van der Waals surface area contributed by atoms with E-state index in [4.69, 9.17) is 21.1 Å². The van der Waals surface area contributed by atoms with Gasteiger partial charge in [0.2, 0.25) is 0 Å². The molecule has 11 aliphatic rings. The van der Waals surface area contributed by atoms with Gasteiger partial charge in [0.1, 0.15) is 11.5 Å². The number of aliphatic hydroxyl groups is 1. The summed E-state index contributed by atoms with van der Waals surface area (Å²) in [5, 5.41) is 19.3. The van der Waals surface area contributed by atoms with Crippen LogP contribution in [0, 0.1) is 114 Å². The minimum Gasteiger partial charge on any atom is -0.396 e. The summed E-state index contributed by atoms with van der Waals surface area (Å²) in [5.74, 6) is 11.4. The fraction of sp³-hybridized carbons (Fsp3) is 0.910. The van der Waals surface area contributed by atoms with Crippen molar-refractivity contribution in [2.45, 2.75) is 249 Å². The SMILES string of the molecule is CC(C)[C@@H]1CC[C@]2(CO)CC[C@]3(C)[C@H](CC[C@@H]4[C@@]5(C)Cc6cnoc6C(C)(C)[C@@H]5CC[C@]43C)[C@@H]12.CC(C)[C@@H]1CC[C@]2(COC3CCCCO3)CC[C@]3(C)[C@H](CC[C@@H]4[C@@]5(C)Cc6cnoc6C(C)(C)[C@@H]5CC[C@]43C)[C@@H]12.[2H]P.[3H][P+](P)=S. The Morgan fingerprint density at radius 3 is 1.53 bits per heavy atom. The summed E-state index contributed by atoms with van der Waals surface area (Å²) in [5.41, 5.74) is 5.60. The summed E-state index contributed by atoms with van der Waals surface area (Å²) in [6.07, 6.45) is 31.5. The number of ether oxygens (including phenoxy) is 2. The molecule has 3 heterocycles. The van der Waals surface area contributed by atoms with Gasteiger partial charge in [0.05, 0.1) is 29.2 Å². The van der Waals surface area contributed by atoms with Gasteiger partial charge in [-0.15, -0.1) is 0 Å². The van der Waals surface area contributed by atoms with E-state index in [9.17, 15) is 5.11 Å². The lowest BCUT2D eigenvalue weighted by atomic mass is 9.32. The van der Waals surface area contributed by atoms with E-state index in [-0.39, 0.29) is 22.5 Å². The predicted molar refractivity (Wildman–Crippen MR) is 332 cm³/mol. The molecule has 22 atom stereocenters. The van der Waals surface area contributed by atoms with Crippen LogP contribution in [-0.2, 0) is 45.0 Å². The van der Waals surface area contributed by atoms with Crippen molar-refractivity contribution in [3.05, 3.63) is 35.0 Å². The van der Waals surface area contributed by atoms with E-state index in [1.165, 1.54) is 132 Å². The van der Waals surface area contributed by atoms with E-state index in [0.29, 0.717) is 62.3 Å². The highest BCUT2D eigenvalue weighted by Crippen LogP contribution is 2.79. The predicted octanol–water partition coefficient (Wildman–Crippen LogP) is 17.4. The highest BCUT2D eigenvalue weighted by atomic mass is 32.6. The lowest BCUT2D eigenvalue weighted by molar-refractivity contribution is -0.243. The van der Waals surface area contributed by atoms with Crippen molar-refractivity contribution in [1.82, 2.24) is 10.3 Å². The largest absolute Gasteiger partial charge is 0.396 e. The molecule has 9 fully saturated rings. The van der Waals surface area contributed by atoms with Crippen LogP contribution in [0.3, 0.4) is 0 Å². The molecule has 78 heavy (non-hydrogen) atoms. The molecule has 11 heteroatoms. The highest BCUT2D eigenvalue weighted by Gasteiger charge is 2.73. The summed E-state index contributed by atoms with van der Waals surface area (Å²) < 4.78 is 36.6. The molecule has 4 unspecified atom stereocenters. The van der Waals surface area contributed by atoms with Crippen molar-refractivity contribution in [3.63, 3.8) is 0 Å². The van der Waals surface area contributed by atoms with Gasteiger partial charge in [-0.05, 0) is 249 Å². The van der Waals surface area contributed by atoms with Gasteiger partial charge < -0.3 is 23.6 Å². The highest BCUT2D eigenvalue weighted by molar-refractivity contribution is 8.24. The zero-order chi connectivity index (χ0) is 58.0. The maximum atomic E-state index is 10.7. The number of hydrogen-bond acceptors (Lipinski definition) is 8. The fourth-order valence-electron chi connectivity index (χ4n) is 25.3. The standard InChI is InChI=1S/C36H57NO3.C31H49NO2.H2P2S.H3P/c1-23(2)25-13-16-36(22-39-29-10-8-9-19-38-29)18-17-34(6)26(30(25)36)11-12-28-33(5)20-24-21-37-40-31(24)32(3,4)27(33)14-15-35(28,34)7;1-19(2)21-10-13-31(18-33)15-14-29(6)22(25(21)31)8-9-24-28(5)16-20-17-32-34-26(20)27(3,4)23(28)11-12-30(24,29)7;1-2-3;/h21,23,25-30H,8-20,22H2,1-7H3;17,19,21-25,33H,8-16,18H2,1-7H3;1H2;1H3/p+1/t25-,26+,27-,28+,29?,30+,33-,34+,35+,36+;21-,22+,23-,24+,25+,28-,29+,30+,31+;;/m00../s1/i;;;1D/hT. The first-order chi connectivity index (χ1) is 37.6. The Bertz CT molecular complexity index is 2530. The third kappa shape index (κ3) is 8.67. The van der Waals surface area contributed by atoms with Crippen molar-refractivity contribution in [2.75, 3.05) is 19.8 Å². The molecule has 0 radical (unpaired) electrons. The molecule has 8 saturated carbocycles. The Labute approximate surface area is 489 Å². The molecule has 7 nitrogen and oxygen atoms in total. The number of hydrogen-bond donors (Lipinski definition) is 1. The van der Waals surface area contributed by atoms with Crippen molar-refractivity contribution in [3.8, 4) is 0 Å². The molecule has 2 aromatic heterocycles. The number of nitrogens with zero attached hydrogens (tertiary/aromatic N) is 2. The second-order valence-electron chi connectivity index (χ2n) is 32.5. The second kappa shape index (κ2) is 21.3. The third-order valence-electron chi connectivity index (χ3n) is 28.9. The zero-order valence-electron chi connectivity index (χ0n) is 53.6. The molecule has 0 amide bonds. The van der Waals surface area contributed by atoms with Crippen LogP contribution in [0.1, 0.15) is 242 Å². The van der Waals surface area contributed by atoms with Crippen LogP contribution in [0.2, 0.25) is 0 Å². The zero-order valence-corrected chi connectivity index (χ0v) is 55.6. The quantitative estimate of drug-likeness (QED) is 0.286. The smallest absolute Gasteiger partial charge is 0.355 e. The summed E-state index contributed by atoms with van der Waals surface area (Å²) >= 11 is 4.31. The minimum atomic E-state index is -0.870. The van der Waals surface area contributed by atoms with E-state index in [1.54, 1.807) is 9.84 Å². The lowest BCUT2D eigenvalue weighted by Crippen LogP contribution is -2.66. The molecule has 440 valence electrons. The maximum absolute atomic E-state index is 10.7. The molecule has 0 spiro atoms. The Balaban J connectivity index is 0.000000166. The summed E-state index contributed by atoms with van der Waals surface area (Å²) in [6.45, 7) is 37.3. The van der Waals surface area contributed by atoms with Crippen LogP contribution in [0.4, 0.5) is 0 Å². The number of aromatic nitrogens is 2. The van der Waals surface area contributed by atoms with Gasteiger partial charge in [-0.25, -0.2) is 0 Å². The van der Waals surface area contributed by atoms with E-state index in [2.05, 4.69) is 134 Å². The summed E-state index contributed by atoms with van der Waals surface area (Å²) in [4.78, 5) is 0. The molecule has 0 aromatic carbocycles. The summed E-state index contributed by atoms with van der Waals surface area (Å²) in [7, 11) is 3.87. The van der Waals surface area contributed by atoms with Crippen molar-refractivity contribution in [2.24, 2.45) is 114 Å². The number of aliphatic hydroxyl groups excluding tert-OH is 1. The molecule has 13 rings (SSSR count). The lowest BCUT2D eigenvalue weighted by Gasteiger charge is -2.72. The van der Waals surface area contributed by atoms with Gasteiger partial charge in [-0.3, -0.25) is 0 Å². The molecule has 1 N–H and O–H groups in total. The average molecular weight is 1150 g/mol. The first-order valence-electron chi connectivity index (χ1n) is 33.1. The monoisotopic (exact) mass is 1150 g/mol. The number of fused-ring (bicyclic) bond motifs is 16.